The van der Waals surface area contributed by atoms with Gasteiger partial charge in [-0.3, -0.25) is 9.78 Å². The normalized spacial score (nSPS) is 11.3. The molecule has 0 aromatic carbocycles. The summed E-state index contributed by atoms with van der Waals surface area (Å²) in [5.74, 6) is 1.26. The zero-order valence-corrected chi connectivity index (χ0v) is 11.4. The summed E-state index contributed by atoms with van der Waals surface area (Å²) in [6, 6.07) is 5.31. The Morgan fingerprint density at radius 1 is 1.37 bits per heavy atom. The van der Waals surface area contributed by atoms with E-state index in [9.17, 15) is 4.79 Å². The number of nitrogens with one attached hydrogen (secondary N) is 2. The number of nitrogens with zero attached hydrogens (tertiary/aromatic N) is 2. The molecule has 0 aliphatic heterocycles. The lowest BCUT2D eigenvalue weighted by Gasteiger charge is -2.17. The van der Waals surface area contributed by atoms with E-state index in [1.807, 2.05) is 32.9 Å². The van der Waals surface area contributed by atoms with E-state index >= 15 is 0 Å². The minimum atomic E-state index is -0.189. The zero-order valence-electron chi connectivity index (χ0n) is 11.4. The fourth-order valence-corrected chi connectivity index (χ4v) is 1.60. The summed E-state index contributed by atoms with van der Waals surface area (Å²) in [6.07, 6.45) is 3.51. The van der Waals surface area contributed by atoms with Gasteiger partial charge in [0.2, 0.25) is 0 Å². The van der Waals surface area contributed by atoms with Gasteiger partial charge in [0.25, 0.3) is 5.56 Å². The molecular formula is C14H18N4O. The van der Waals surface area contributed by atoms with E-state index < -0.39 is 0 Å². The number of aromatic amines is 1. The van der Waals surface area contributed by atoms with Crippen molar-refractivity contribution < 1.29 is 0 Å². The van der Waals surface area contributed by atoms with Gasteiger partial charge in [0.05, 0.1) is 0 Å². The van der Waals surface area contributed by atoms with Crippen LogP contribution >= 0.6 is 0 Å². The van der Waals surface area contributed by atoms with Crippen LogP contribution in [0.25, 0.3) is 0 Å². The molecule has 5 heteroatoms. The molecule has 0 atom stereocenters. The van der Waals surface area contributed by atoms with Crippen LogP contribution in [0, 0.1) is 0 Å². The average Bonchev–Trinajstić information content (AvgIpc) is 2.36. The highest BCUT2D eigenvalue weighted by Gasteiger charge is 2.17. The van der Waals surface area contributed by atoms with E-state index in [0.29, 0.717) is 18.2 Å². The van der Waals surface area contributed by atoms with E-state index in [-0.39, 0.29) is 11.0 Å². The van der Waals surface area contributed by atoms with Crippen molar-refractivity contribution in [2.75, 3.05) is 5.32 Å². The Hall–Kier alpha value is -2.17. The molecule has 2 aromatic rings. The highest BCUT2D eigenvalue weighted by atomic mass is 16.1. The summed E-state index contributed by atoms with van der Waals surface area (Å²) in [4.78, 5) is 22.9. The van der Waals surface area contributed by atoms with Crippen molar-refractivity contribution in [3.63, 3.8) is 0 Å². The molecule has 0 fully saturated rings. The van der Waals surface area contributed by atoms with Crippen LogP contribution < -0.4 is 10.9 Å². The van der Waals surface area contributed by atoms with Gasteiger partial charge in [-0.2, -0.15) is 0 Å². The minimum absolute atomic E-state index is 0.145. The summed E-state index contributed by atoms with van der Waals surface area (Å²) in [5.41, 5.74) is 0.709. The van der Waals surface area contributed by atoms with Crippen LogP contribution in [0.2, 0.25) is 0 Å². The van der Waals surface area contributed by atoms with Crippen molar-refractivity contribution in [2.24, 2.45) is 0 Å². The Morgan fingerprint density at radius 2 is 2.16 bits per heavy atom. The Labute approximate surface area is 112 Å². The second kappa shape index (κ2) is 5.22. The predicted molar refractivity (Wildman–Crippen MR) is 75.1 cm³/mol. The lowest BCUT2D eigenvalue weighted by Crippen LogP contribution is -2.22. The van der Waals surface area contributed by atoms with E-state index in [4.69, 9.17) is 0 Å². The minimum Gasteiger partial charge on any atom is -0.366 e. The van der Waals surface area contributed by atoms with E-state index in [1.165, 1.54) is 6.07 Å². The maximum absolute atomic E-state index is 11.6. The second-order valence-corrected chi connectivity index (χ2v) is 5.44. The highest BCUT2D eigenvalue weighted by Crippen LogP contribution is 2.17. The Morgan fingerprint density at radius 3 is 2.79 bits per heavy atom. The molecular weight excluding hydrogens is 240 g/mol. The van der Waals surface area contributed by atoms with Gasteiger partial charge in [0.1, 0.15) is 11.6 Å². The molecule has 0 saturated heterocycles. The number of H-pyrrole nitrogens is 1. The maximum atomic E-state index is 11.6. The number of aromatic nitrogens is 3. The van der Waals surface area contributed by atoms with Gasteiger partial charge < -0.3 is 10.3 Å². The van der Waals surface area contributed by atoms with Crippen molar-refractivity contribution in [3.8, 4) is 0 Å². The van der Waals surface area contributed by atoms with Crippen LogP contribution in [-0.4, -0.2) is 15.0 Å². The molecule has 0 aliphatic rings. The first kappa shape index (κ1) is 13.3. The summed E-state index contributed by atoms with van der Waals surface area (Å²) < 4.78 is 0. The topological polar surface area (TPSA) is 70.7 Å². The van der Waals surface area contributed by atoms with Gasteiger partial charge in [-0.25, -0.2) is 4.98 Å². The molecule has 0 spiro atoms. The van der Waals surface area contributed by atoms with Crippen LogP contribution in [0.1, 0.15) is 32.2 Å². The van der Waals surface area contributed by atoms with Crippen molar-refractivity contribution in [1.82, 2.24) is 15.0 Å². The fourth-order valence-electron chi connectivity index (χ4n) is 1.60. The van der Waals surface area contributed by atoms with Gasteiger partial charge in [-0.15, -0.1) is 0 Å². The van der Waals surface area contributed by atoms with E-state index in [1.54, 1.807) is 12.4 Å². The molecule has 0 aliphatic carbocycles. The van der Waals surface area contributed by atoms with Crippen molar-refractivity contribution >= 4 is 5.82 Å². The molecule has 2 N–H and O–H groups in total. The Kier molecular flexibility index (Phi) is 3.64. The van der Waals surface area contributed by atoms with Crippen LogP contribution in [-0.2, 0) is 12.0 Å². The summed E-state index contributed by atoms with van der Waals surface area (Å²) in [5, 5.41) is 3.14. The van der Waals surface area contributed by atoms with Crippen LogP contribution in [0.5, 0.6) is 0 Å². The first-order valence-corrected chi connectivity index (χ1v) is 6.20. The third kappa shape index (κ3) is 3.64. The van der Waals surface area contributed by atoms with E-state index in [2.05, 4.69) is 20.3 Å². The van der Waals surface area contributed by atoms with Gasteiger partial charge in [-0.05, 0) is 11.6 Å². The van der Waals surface area contributed by atoms with Crippen LogP contribution in [0.4, 0.5) is 5.82 Å². The molecule has 19 heavy (non-hydrogen) atoms. The fraction of sp³-hybridized carbons (Fsp3) is 0.357. The molecule has 2 heterocycles. The first-order chi connectivity index (χ1) is 8.95. The third-order valence-electron chi connectivity index (χ3n) is 2.65. The van der Waals surface area contributed by atoms with Crippen molar-refractivity contribution in [1.29, 1.82) is 0 Å². The molecule has 100 valence electrons. The summed E-state index contributed by atoms with van der Waals surface area (Å²) >= 11 is 0. The molecule has 0 amide bonds. The lowest BCUT2D eigenvalue weighted by atomic mass is 9.96. The van der Waals surface area contributed by atoms with Gasteiger partial charge >= 0.3 is 0 Å². The monoisotopic (exact) mass is 258 g/mol. The van der Waals surface area contributed by atoms with Crippen molar-refractivity contribution in [3.05, 3.63) is 52.3 Å². The molecule has 0 saturated carbocycles. The smallest absolute Gasteiger partial charge is 0.252 e. The average molecular weight is 258 g/mol. The molecule has 2 rings (SSSR count). The number of hydrogen-bond donors (Lipinski definition) is 2. The van der Waals surface area contributed by atoms with Gasteiger partial charge in [-0.1, -0.05) is 26.8 Å². The second-order valence-electron chi connectivity index (χ2n) is 5.44. The third-order valence-corrected chi connectivity index (χ3v) is 2.65. The first-order valence-electron chi connectivity index (χ1n) is 6.20. The van der Waals surface area contributed by atoms with E-state index in [0.717, 1.165) is 5.56 Å². The van der Waals surface area contributed by atoms with Crippen LogP contribution in [0.15, 0.2) is 35.4 Å². The predicted octanol–water partition coefficient (Wildman–Crippen LogP) is 2.07. The molecule has 0 bridgehead atoms. The lowest BCUT2D eigenvalue weighted by molar-refractivity contribution is 0.543. The van der Waals surface area contributed by atoms with Crippen molar-refractivity contribution in [2.45, 2.75) is 32.7 Å². The Balaban J connectivity index is 2.17. The largest absolute Gasteiger partial charge is 0.366 e. The number of anilines is 1. The maximum Gasteiger partial charge on any atom is 0.252 e. The molecule has 0 unspecified atom stereocenters. The summed E-state index contributed by atoms with van der Waals surface area (Å²) in [7, 11) is 0. The molecule has 2 aromatic heterocycles. The standard InChI is InChI=1S/C14H18N4O/c1-14(2,3)13-17-11(7-12(19)18-13)16-9-10-5-4-6-15-8-10/h4-8H,9H2,1-3H3,(H2,16,17,18,19). The quantitative estimate of drug-likeness (QED) is 0.884. The highest BCUT2D eigenvalue weighted by molar-refractivity contribution is 5.35. The number of rotatable bonds is 3. The SMILES string of the molecule is CC(C)(C)c1nc(NCc2cccnc2)cc(=O)[nH]1. The van der Waals surface area contributed by atoms with Crippen LogP contribution in [0.3, 0.4) is 0 Å². The summed E-state index contributed by atoms with van der Waals surface area (Å²) in [6.45, 7) is 6.62. The molecule has 5 nitrogen and oxygen atoms in total. The van der Waals surface area contributed by atoms with Gasteiger partial charge in [0, 0.05) is 30.4 Å². The molecule has 0 radical (unpaired) electrons. The number of pyridine rings is 1. The zero-order chi connectivity index (χ0) is 13.9. The number of hydrogen-bond acceptors (Lipinski definition) is 4. The Bertz CT molecular complexity index is 599. The van der Waals surface area contributed by atoms with Gasteiger partial charge in [0.15, 0.2) is 0 Å².